The van der Waals surface area contributed by atoms with Crippen LogP contribution in [-0.2, 0) is 4.79 Å². The van der Waals surface area contributed by atoms with Crippen molar-refractivity contribution in [1.29, 1.82) is 0 Å². The molecule has 1 saturated heterocycles. The van der Waals surface area contributed by atoms with Gasteiger partial charge >= 0.3 is 5.97 Å². The van der Waals surface area contributed by atoms with Gasteiger partial charge in [-0.3, -0.25) is 4.79 Å². The highest BCUT2D eigenvalue weighted by Gasteiger charge is 2.24. The molecule has 0 bridgehead atoms. The van der Waals surface area contributed by atoms with Crippen LogP contribution in [0.1, 0.15) is 47.7 Å². The summed E-state index contributed by atoms with van der Waals surface area (Å²) in [5.74, 6) is 0.0283. The van der Waals surface area contributed by atoms with Crippen molar-refractivity contribution < 1.29 is 14.7 Å². The lowest BCUT2D eigenvalue weighted by molar-refractivity contribution is -0.121. The third-order valence-electron chi connectivity index (χ3n) is 2.94. The number of carboxylic acid groups (broad SMARTS) is 1. The molecular formula is C12H16N2O3S2. The maximum absolute atomic E-state index is 12.1. The van der Waals surface area contributed by atoms with Crippen LogP contribution in [0.25, 0.3) is 0 Å². The Balaban J connectivity index is 1.93. The molecule has 1 aromatic heterocycles. The van der Waals surface area contributed by atoms with Crippen molar-refractivity contribution in [3.8, 4) is 0 Å². The summed E-state index contributed by atoms with van der Waals surface area (Å²) in [6.45, 7) is 1.83. The van der Waals surface area contributed by atoms with Gasteiger partial charge in [-0.2, -0.15) is 0 Å². The lowest BCUT2D eigenvalue weighted by Crippen LogP contribution is -2.35. The summed E-state index contributed by atoms with van der Waals surface area (Å²) < 4.78 is 0. The zero-order valence-corrected chi connectivity index (χ0v) is 12.2. The first-order chi connectivity index (χ1) is 9.08. The minimum Gasteiger partial charge on any atom is -0.476 e. The number of thioether (sulfide) groups is 1. The molecule has 1 aromatic rings. The van der Waals surface area contributed by atoms with Crippen molar-refractivity contribution in [3.05, 3.63) is 16.1 Å². The normalized spacial score (nSPS) is 20.8. The summed E-state index contributed by atoms with van der Waals surface area (Å²) in [4.78, 5) is 26.8. The predicted molar refractivity (Wildman–Crippen MR) is 75.7 cm³/mol. The number of nitrogens with zero attached hydrogens (tertiary/aromatic N) is 1. The molecule has 2 unspecified atom stereocenters. The van der Waals surface area contributed by atoms with Gasteiger partial charge < -0.3 is 10.4 Å². The monoisotopic (exact) mass is 300 g/mol. The van der Waals surface area contributed by atoms with E-state index in [4.69, 9.17) is 5.11 Å². The maximum Gasteiger partial charge on any atom is 0.355 e. The van der Waals surface area contributed by atoms with E-state index in [2.05, 4.69) is 10.3 Å². The maximum atomic E-state index is 12.1. The Hall–Kier alpha value is -1.08. The van der Waals surface area contributed by atoms with Gasteiger partial charge in [0.1, 0.15) is 5.01 Å². The van der Waals surface area contributed by atoms with Crippen LogP contribution >= 0.6 is 23.1 Å². The van der Waals surface area contributed by atoms with E-state index in [0.29, 0.717) is 5.01 Å². The van der Waals surface area contributed by atoms with Gasteiger partial charge in [-0.25, -0.2) is 9.78 Å². The van der Waals surface area contributed by atoms with Crippen molar-refractivity contribution in [1.82, 2.24) is 10.3 Å². The van der Waals surface area contributed by atoms with Crippen LogP contribution in [0, 0.1) is 0 Å². The fourth-order valence-corrected chi connectivity index (χ4v) is 3.91. The van der Waals surface area contributed by atoms with Crippen molar-refractivity contribution >= 4 is 35.0 Å². The Morgan fingerprint density at radius 2 is 2.32 bits per heavy atom. The van der Waals surface area contributed by atoms with Gasteiger partial charge in [0.25, 0.3) is 0 Å². The van der Waals surface area contributed by atoms with Crippen molar-refractivity contribution in [2.24, 2.45) is 0 Å². The number of hydrogen-bond acceptors (Lipinski definition) is 5. The summed E-state index contributed by atoms with van der Waals surface area (Å²) in [6, 6.07) is -0.242. The Morgan fingerprint density at radius 1 is 1.53 bits per heavy atom. The molecule has 0 aliphatic carbocycles. The first kappa shape index (κ1) is 14.3. The highest BCUT2D eigenvalue weighted by Crippen LogP contribution is 2.26. The van der Waals surface area contributed by atoms with E-state index in [-0.39, 0.29) is 22.9 Å². The Bertz CT molecular complexity index is 469. The lowest BCUT2D eigenvalue weighted by Gasteiger charge is -2.22. The summed E-state index contributed by atoms with van der Waals surface area (Å²) in [7, 11) is 0. The zero-order valence-electron chi connectivity index (χ0n) is 10.6. The number of aromatic nitrogens is 1. The van der Waals surface area contributed by atoms with Gasteiger partial charge in [0.05, 0.1) is 11.3 Å². The van der Waals surface area contributed by atoms with Crippen LogP contribution in [0.4, 0.5) is 0 Å². The average Bonchev–Trinajstić information content (AvgIpc) is 2.89. The fraction of sp³-hybridized carbons (Fsp3) is 0.583. The molecule has 19 heavy (non-hydrogen) atoms. The summed E-state index contributed by atoms with van der Waals surface area (Å²) in [6.07, 6.45) is 3.19. The SMILES string of the molecule is CC(NC(=O)C1CCCCS1)c1nc(C(=O)O)cs1. The summed E-state index contributed by atoms with van der Waals surface area (Å²) in [5, 5.41) is 13.9. The summed E-state index contributed by atoms with van der Waals surface area (Å²) in [5.41, 5.74) is 0.0353. The van der Waals surface area contributed by atoms with Crippen molar-refractivity contribution in [3.63, 3.8) is 0 Å². The van der Waals surface area contributed by atoms with E-state index in [9.17, 15) is 9.59 Å². The van der Waals surface area contributed by atoms with Gasteiger partial charge in [-0.15, -0.1) is 23.1 Å². The molecule has 2 rings (SSSR count). The quantitative estimate of drug-likeness (QED) is 0.892. The first-order valence-corrected chi connectivity index (χ1v) is 8.11. The molecule has 1 amide bonds. The molecule has 0 spiro atoms. The fourth-order valence-electron chi connectivity index (χ4n) is 1.90. The van der Waals surface area contributed by atoms with E-state index in [1.165, 1.54) is 23.1 Å². The third-order valence-corrected chi connectivity index (χ3v) is 5.35. The molecule has 1 aliphatic heterocycles. The second-order valence-electron chi connectivity index (χ2n) is 4.46. The number of amides is 1. The van der Waals surface area contributed by atoms with Crippen LogP contribution in [0.3, 0.4) is 0 Å². The summed E-state index contributed by atoms with van der Waals surface area (Å²) >= 11 is 2.96. The number of carbonyl (C=O) groups excluding carboxylic acids is 1. The minimum absolute atomic E-state index is 0.0232. The smallest absolute Gasteiger partial charge is 0.355 e. The highest BCUT2D eigenvalue weighted by atomic mass is 32.2. The molecular weight excluding hydrogens is 284 g/mol. The molecule has 104 valence electrons. The third kappa shape index (κ3) is 3.70. The molecule has 5 nitrogen and oxygen atoms in total. The zero-order chi connectivity index (χ0) is 13.8. The highest BCUT2D eigenvalue weighted by molar-refractivity contribution is 8.00. The van der Waals surface area contributed by atoms with E-state index >= 15 is 0 Å². The molecule has 1 fully saturated rings. The number of aromatic carboxylic acids is 1. The molecule has 2 heterocycles. The van der Waals surface area contributed by atoms with Crippen LogP contribution in [0.2, 0.25) is 0 Å². The molecule has 0 saturated carbocycles. The van der Waals surface area contributed by atoms with E-state index in [1.807, 2.05) is 6.92 Å². The van der Waals surface area contributed by atoms with Gasteiger partial charge in [0, 0.05) is 5.38 Å². The van der Waals surface area contributed by atoms with Gasteiger partial charge in [0.15, 0.2) is 5.69 Å². The molecule has 1 aliphatic rings. The van der Waals surface area contributed by atoms with Crippen LogP contribution in [0.5, 0.6) is 0 Å². The van der Waals surface area contributed by atoms with Crippen LogP contribution in [-0.4, -0.2) is 33.0 Å². The van der Waals surface area contributed by atoms with Gasteiger partial charge in [-0.1, -0.05) is 6.42 Å². The Labute approximate surface area is 119 Å². The number of hydrogen-bond donors (Lipinski definition) is 2. The number of thiazole rings is 1. The molecule has 7 heteroatoms. The van der Waals surface area contributed by atoms with E-state index in [1.54, 1.807) is 11.8 Å². The number of carbonyl (C=O) groups is 2. The van der Waals surface area contributed by atoms with Gasteiger partial charge in [0.2, 0.25) is 5.91 Å². The molecule has 0 aromatic carbocycles. The predicted octanol–water partition coefficient (Wildman–Crippen LogP) is 2.30. The van der Waals surface area contributed by atoms with Crippen LogP contribution < -0.4 is 5.32 Å². The molecule has 0 radical (unpaired) electrons. The standard InChI is InChI=1S/C12H16N2O3S2/c1-7(11-14-8(6-19-11)12(16)17)13-10(15)9-4-2-3-5-18-9/h6-7,9H,2-5H2,1H3,(H,13,15)(H,16,17). The second-order valence-corrected chi connectivity index (χ2v) is 6.66. The average molecular weight is 300 g/mol. The van der Waals surface area contributed by atoms with Crippen molar-refractivity contribution in [2.45, 2.75) is 37.5 Å². The largest absolute Gasteiger partial charge is 0.476 e. The van der Waals surface area contributed by atoms with Crippen molar-refractivity contribution in [2.75, 3.05) is 5.75 Å². The number of carboxylic acids is 1. The van der Waals surface area contributed by atoms with Crippen LogP contribution in [0.15, 0.2) is 5.38 Å². The molecule has 2 atom stereocenters. The molecule has 2 N–H and O–H groups in total. The lowest BCUT2D eigenvalue weighted by atomic mass is 10.1. The van der Waals surface area contributed by atoms with E-state index < -0.39 is 5.97 Å². The Morgan fingerprint density at radius 3 is 2.89 bits per heavy atom. The van der Waals surface area contributed by atoms with Gasteiger partial charge in [-0.05, 0) is 25.5 Å². The second kappa shape index (κ2) is 6.38. The Kier molecular flexibility index (Phi) is 4.81. The number of nitrogens with one attached hydrogen (secondary N) is 1. The first-order valence-electron chi connectivity index (χ1n) is 6.18. The van der Waals surface area contributed by atoms with E-state index in [0.717, 1.165) is 18.6 Å². The topological polar surface area (TPSA) is 79.3 Å². The minimum atomic E-state index is -1.04. The number of rotatable bonds is 4.